The molecule has 0 spiro atoms. The van der Waals surface area contributed by atoms with E-state index in [1.807, 2.05) is 56.3 Å². The van der Waals surface area contributed by atoms with Gasteiger partial charge in [-0.3, -0.25) is 9.59 Å². The van der Waals surface area contributed by atoms with E-state index in [0.717, 1.165) is 23.1 Å². The minimum atomic E-state index is -0.789. The lowest BCUT2D eigenvalue weighted by atomic mass is 10.1. The average molecular weight is 456 g/mol. The Kier molecular flexibility index (Phi) is 8.03. The molecule has 2 aromatic carbocycles. The number of benzene rings is 2. The van der Waals surface area contributed by atoms with Gasteiger partial charge in [0.2, 0.25) is 5.75 Å². The molecule has 1 unspecified atom stereocenters. The van der Waals surface area contributed by atoms with Gasteiger partial charge >= 0.3 is 0 Å². The number of amides is 1. The van der Waals surface area contributed by atoms with Crippen LogP contribution < -0.4 is 10.9 Å². The van der Waals surface area contributed by atoms with Gasteiger partial charge in [0.05, 0.1) is 6.61 Å². The lowest BCUT2D eigenvalue weighted by Gasteiger charge is -2.17. The maximum Gasteiger partial charge on any atom is 0.294 e. The van der Waals surface area contributed by atoms with Gasteiger partial charge in [-0.2, -0.15) is 0 Å². The molecule has 168 valence electrons. The summed E-state index contributed by atoms with van der Waals surface area (Å²) in [6.45, 7) is 4.37. The van der Waals surface area contributed by atoms with Crippen molar-refractivity contribution in [2.24, 2.45) is 0 Å². The maximum absolute atomic E-state index is 12.7. The number of ether oxygens (including phenoxy) is 1. The van der Waals surface area contributed by atoms with Crippen molar-refractivity contribution < 1.29 is 14.6 Å². The quantitative estimate of drug-likeness (QED) is 0.443. The van der Waals surface area contributed by atoms with E-state index in [9.17, 15) is 14.7 Å². The highest BCUT2D eigenvalue weighted by Gasteiger charge is 2.22. The smallest absolute Gasteiger partial charge is 0.294 e. The predicted octanol–water partition coefficient (Wildman–Crippen LogP) is 4.43. The van der Waals surface area contributed by atoms with Crippen molar-refractivity contribution >= 4 is 17.5 Å². The second-order valence-corrected chi connectivity index (χ2v) is 7.90. The van der Waals surface area contributed by atoms with Crippen molar-refractivity contribution in [1.82, 2.24) is 15.3 Å². The molecular weight excluding hydrogens is 430 g/mol. The molecular formula is C24H26ClN3O4. The second-order valence-electron chi connectivity index (χ2n) is 7.49. The SMILES string of the molecule is CCCC(OCc1ccccc1)c1nc(C(=O)NCc2ccc(C)c(Cl)c2)c(O)c(=O)[nH]1. The van der Waals surface area contributed by atoms with Crippen LogP contribution in [0.2, 0.25) is 5.02 Å². The molecule has 1 atom stereocenters. The summed E-state index contributed by atoms with van der Waals surface area (Å²) in [7, 11) is 0. The van der Waals surface area contributed by atoms with Crippen molar-refractivity contribution in [2.75, 3.05) is 0 Å². The number of carbonyl (C=O) groups is 1. The molecule has 7 nitrogen and oxygen atoms in total. The largest absolute Gasteiger partial charge is 0.501 e. The van der Waals surface area contributed by atoms with Gasteiger partial charge in [0.25, 0.3) is 11.5 Å². The van der Waals surface area contributed by atoms with Crippen molar-refractivity contribution in [3.63, 3.8) is 0 Å². The fraction of sp³-hybridized carbons (Fsp3) is 0.292. The summed E-state index contributed by atoms with van der Waals surface area (Å²) in [5.41, 5.74) is 1.56. The Labute approximate surface area is 191 Å². The van der Waals surface area contributed by atoms with Gasteiger partial charge < -0.3 is 20.1 Å². The fourth-order valence-electron chi connectivity index (χ4n) is 3.14. The van der Waals surface area contributed by atoms with E-state index in [1.165, 1.54) is 0 Å². The first-order chi connectivity index (χ1) is 15.4. The molecule has 0 aliphatic heterocycles. The first-order valence-electron chi connectivity index (χ1n) is 10.4. The first kappa shape index (κ1) is 23.5. The molecule has 0 bridgehead atoms. The van der Waals surface area contributed by atoms with Gasteiger partial charge in [0.1, 0.15) is 11.9 Å². The molecule has 32 heavy (non-hydrogen) atoms. The van der Waals surface area contributed by atoms with Crippen molar-refractivity contribution in [3.8, 4) is 5.75 Å². The van der Waals surface area contributed by atoms with Crippen LogP contribution in [-0.2, 0) is 17.9 Å². The Bertz CT molecular complexity index is 1130. The highest BCUT2D eigenvalue weighted by molar-refractivity contribution is 6.31. The standard InChI is InChI=1S/C24H26ClN3O4/c1-3-7-19(32-14-16-8-5-4-6-9-16)22-27-20(21(29)24(31)28-22)23(30)26-13-17-11-10-15(2)18(25)12-17/h4-6,8-12,19,29H,3,7,13-14H2,1-2H3,(H,26,30)(H,27,28,31). The minimum absolute atomic E-state index is 0.172. The van der Waals surface area contributed by atoms with E-state index < -0.39 is 23.3 Å². The van der Waals surface area contributed by atoms with Crippen molar-refractivity contribution in [2.45, 2.75) is 45.9 Å². The van der Waals surface area contributed by atoms with Crippen LogP contribution in [0.25, 0.3) is 0 Å². The van der Waals surface area contributed by atoms with E-state index in [0.29, 0.717) is 18.1 Å². The Balaban J connectivity index is 1.78. The summed E-state index contributed by atoms with van der Waals surface area (Å²) in [5.74, 6) is -1.19. The number of hydrogen-bond acceptors (Lipinski definition) is 5. The lowest BCUT2D eigenvalue weighted by Crippen LogP contribution is -2.28. The lowest BCUT2D eigenvalue weighted by molar-refractivity contribution is 0.0271. The Morgan fingerprint density at radius 2 is 1.97 bits per heavy atom. The van der Waals surface area contributed by atoms with E-state index in [-0.39, 0.29) is 18.1 Å². The fourth-order valence-corrected chi connectivity index (χ4v) is 3.34. The number of nitrogens with zero attached hydrogens (tertiary/aromatic N) is 1. The maximum atomic E-state index is 12.7. The normalized spacial score (nSPS) is 11.8. The summed E-state index contributed by atoms with van der Waals surface area (Å²) in [6.07, 6.45) is 0.833. The molecule has 3 N–H and O–H groups in total. The molecule has 0 saturated carbocycles. The van der Waals surface area contributed by atoms with Gasteiger partial charge in [0, 0.05) is 11.6 Å². The van der Waals surface area contributed by atoms with Crippen molar-refractivity contribution in [3.05, 3.63) is 92.1 Å². The number of carbonyl (C=O) groups excluding carboxylic acids is 1. The number of H-pyrrole nitrogens is 1. The van der Waals surface area contributed by atoms with Gasteiger partial charge in [-0.25, -0.2) is 4.98 Å². The highest BCUT2D eigenvalue weighted by atomic mass is 35.5. The molecule has 0 saturated heterocycles. The third-order valence-corrected chi connectivity index (χ3v) is 5.37. The molecule has 8 heteroatoms. The monoisotopic (exact) mass is 455 g/mol. The molecule has 1 aromatic heterocycles. The molecule has 0 fully saturated rings. The molecule has 0 aliphatic carbocycles. The summed E-state index contributed by atoms with van der Waals surface area (Å²) < 4.78 is 5.98. The second kappa shape index (κ2) is 10.9. The van der Waals surface area contributed by atoms with Crippen LogP contribution in [0, 0.1) is 6.92 Å². The van der Waals surface area contributed by atoms with E-state index in [1.54, 1.807) is 6.07 Å². The summed E-state index contributed by atoms with van der Waals surface area (Å²) >= 11 is 6.13. The van der Waals surface area contributed by atoms with E-state index in [4.69, 9.17) is 16.3 Å². The number of aryl methyl sites for hydroxylation is 1. The third-order valence-electron chi connectivity index (χ3n) is 4.97. The molecule has 0 radical (unpaired) electrons. The number of aromatic hydroxyl groups is 1. The van der Waals surface area contributed by atoms with Crippen LogP contribution >= 0.6 is 11.6 Å². The number of aromatic amines is 1. The van der Waals surface area contributed by atoms with Crippen molar-refractivity contribution in [1.29, 1.82) is 0 Å². The van der Waals surface area contributed by atoms with E-state index >= 15 is 0 Å². The predicted molar refractivity (Wildman–Crippen MR) is 123 cm³/mol. The zero-order valence-corrected chi connectivity index (χ0v) is 18.8. The molecule has 1 amide bonds. The average Bonchev–Trinajstić information content (AvgIpc) is 2.79. The van der Waals surface area contributed by atoms with Crippen LogP contribution in [0.5, 0.6) is 5.75 Å². The number of halogens is 1. The summed E-state index contributed by atoms with van der Waals surface area (Å²) in [6, 6.07) is 15.1. The van der Waals surface area contributed by atoms with Crippen LogP contribution in [-0.4, -0.2) is 21.0 Å². The zero-order chi connectivity index (χ0) is 23.1. The highest BCUT2D eigenvalue weighted by Crippen LogP contribution is 2.22. The van der Waals surface area contributed by atoms with Crippen LogP contribution in [0.3, 0.4) is 0 Å². The van der Waals surface area contributed by atoms with Gasteiger partial charge in [0.15, 0.2) is 5.69 Å². The molecule has 3 rings (SSSR count). The molecule has 3 aromatic rings. The zero-order valence-electron chi connectivity index (χ0n) is 18.0. The summed E-state index contributed by atoms with van der Waals surface area (Å²) in [4.78, 5) is 31.8. The van der Waals surface area contributed by atoms with Crippen LogP contribution in [0.1, 0.15) is 58.9 Å². The Morgan fingerprint density at radius 3 is 2.66 bits per heavy atom. The summed E-state index contributed by atoms with van der Waals surface area (Å²) in [5, 5.41) is 13.4. The van der Waals surface area contributed by atoms with Crippen LogP contribution in [0.4, 0.5) is 0 Å². The molecule has 1 heterocycles. The van der Waals surface area contributed by atoms with Gasteiger partial charge in [-0.15, -0.1) is 0 Å². The van der Waals surface area contributed by atoms with Gasteiger partial charge in [-0.1, -0.05) is 67.4 Å². The number of rotatable bonds is 9. The Hall–Kier alpha value is -3.16. The molecule has 0 aliphatic rings. The minimum Gasteiger partial charge on any atom is -0.501 e. The topological polar surface area (TPSA) is 104 Å². The number of aromatic nitrogens is 2. The number of hydrogen-bond donors (Lipinski definition) is 3. The van der Waals surface area contributed by atoms with Gasteiger partial charge in [-0.05, 0) is 36.1 Å². The Morgan fingerprint density at radius 1 is 1.22 bits per heavy atom. The van der Waals surface area contributed by atoms with E-state index in [2.05, 4.69) is 15.3 Å². The van der Waals surface area contributed by atoms with Crippen LogP contribution in [0.15, 0.2) is 53.3 Å². The third kappa shape index (κ3) is 5.96. The first-order valence-corrected chi connectivity index (χ1v) is 10.8. The number of nitrogens with one attached hydrogen (secondary N) is 2.